The molecule has 43 heavy (non-hydrogen) atoms. The summed E-state index contributed by atoms with van der Waals surface area (Å²) >= 11 is 3.58. The van der Waals surface area contributed by atoms with Gasteiger partial charge in [0.05, 0.1) is 48.4 Å². The molecule has 0 amide bonds. The number of hydrogen-bond acceptors (Lipinski definition) is 8. The molecule has 6 rings (SSSR count). The first-order valence-corrected chi connectivity index (χ1v) is 13.9. The van der Waals surface area contributed by atoms with Crippen molar-refractivity contribution in [2.75, 3.05) is 14.2 Å². The third-order valence-corrected chi connectivity index (χ3v) is 7.52. The summed E-state index contributed by atoms with van der Waals surface area (Å²) in [7, 11) is 3.12. The number of ether oxygens (including phenoxy) is 3. The van der Waals surface area contributed by atoms with E-state index in [2.05, 4.69) is 27.1 Å². The van der Waals surface area contributed by atoms with Gasteiger partial charge in [-0.1, -0.05) is 36.4 Å². The number of rotatable bonds is 8. The largest absolute Gasteiger partial charge is 0.496 e. The summed E-state index contributed by atoms with van der Waals surface area (Å²) in [6.45, 7) is 0.184. The third kappa shape index (κ3) is 5.34. The van der Waals surface area contributed by atoms with E-state index in [1.807, 2.05) is 36.4 Å². The van der Waals surface area contributed by atoms with Gasteiger partial charge in [-0.15, -0.1) is 0 Å². The molecule has 2 aromatic heterocycles. The molecule has 9 nitrogen and oxygen atoms in total. The molecule has 4 aromatic carbocycles. The monoisotopic (exact) mass is 634 g/mol. The van der Waals surface area contributed by atoms with Gasteiger partial charge in [0.15, 0.2) is 17.3 Å². The Morgan fingerprint density at radius 3 is 2.56 bits per heavy atom. The topological polar surface area (TPSA) is 112 Å². The van der Waals surface area contributed by atoms with Crippen LogP contribution < -0.4 is 19.8 Å². The van der Waals surface area contributed by atoms with Crippen LogP contribution in [0, 0.1) is 11.3 Å². The van der Waals surface area contributed by atoms with Gasteiger partial charge in [0.1, 0.15) is 17.9 Å². The minimum Gasteiger partial charge on any atom is -0.496 e. The van der Waals surface area contributed by atoms with Crippen LogP contribution in [-0.2, 0) is 6.61 Å². The summed E-state index contributed by atoms with van der Waals surface area (Å²) in [5.41, 5.74) is 2.67. The number of hydrogen-bond donors (Lipinski definition) is 0. The number of furan rings is 1. The van der Waals surface area contributed by atoms with E-state index >= 15 is 0 Å². The second kappa shape index (κ2) is 11.8. The molecular weight excluding hydrogens is 612 g/mol. The smallest absolute Gasteiger partial charge is 0.282 e. The summed E-state index contributed by atoms with van der Waals surface area (Å²) in [5.74, 6) is 2.16. The van der Waals surface area contributed by atoms with Gasteiger partial charge < -0.3 is 18.6 Å². The Bertz CT molecular complexity index is 2130. The molecule has 0 bridgehead atoms. The first-order chi connectivity index (χ1) is 21.0. The molecule has 212 valence electrons. The molecule has 0 aliphatic rings. The fraction of sp³-hybridized carbons (Fsp3) is 0.0909. The van der Waals surface area contributed by atoms with Crippen molar-refractivity contribution in [3.05, 3.63) is 116 Å². The third-order valence-electron chi connectivity index (χ3n) is 6.83. The minimum absolute atomic E-state index is 0.184. The molecule has 6 aromatic rings. The Labute approximate surface area is 254 Å². The zero-order valence-electron chi connectivity index (χ0n) is 23.1. The van der Waals surface area contributed by atoms with Crippen molar-refractivity contribution < 1.29 is 18.6 Å². The maximum atomic E-state index is 13.7. The lowest BCUT2D eigenvalue weighted by Gasteiger charge is -2.13. The van der Waals surface area contributed by atoms with Crippen LogP contribution in [0.4, 0.5) is 0 Å². The van der Waals surface area contributed by atoms with Crippen LogP contribution in [0.2, 0.25) is 0 Å². The summed E-state index contributed by atoms with van der Waals surface area (Å²) in [6, 6.07) is 27.2. The highest BCUT2D eigenvalue weighted by molar-refractivity contribution is 9.10. The highest BCUT2D eigenvalue weighted by atomic mass is 79.9. The van der Waals surface area contributed by atoms with Gasteiger partial charge in [-0.05, 0) is 64.5 Å². The van der Waals surface area contributed by atoms with Crippen molar-refractivity contribution in [2.45, 2.75) is 6.61 Å². The Hall–Kier alpha value is -5.40. The standard InChI is InChI=1S/C33H23BrN4O5/c1-40-27-12-7-13-28-24(27)15-31(43-28)32-37-26-11-6-5-10-23(26)33(39)38(32)36-18-22-14-29(41-2)30(16-25(22)34)42-19-21-9-4-3-8-20(21)17-35/h3-16,18H,19H2,1-2H3. The van der Waals surface area contributed by atoms with Gasteiger partial charge >= 0.3 is 0 Å². The van der Waals surface area contributed by atoms with Crippen molar-refractivity contribution in [1.29, 1.82) is 5.26 Å². The zero-order valence-corrected chi connectivity index (χ0v) is 24.7. The first-order valence-electron chi connectivity index (χ1n) is 13.1. The maximum Gasteiger partial charge on any atom is 0.282 e. The quantitative estimate of drug-likeness (QED) is 0.167. The highest BCUT2D eigenvalue weighted by Crippen LogP contribution is 2.35. The van der Waals surface area contributed by atoms with Crippen molar-refractivity contribution in [3.8, 4) is 34.9 Å². The maximum absolute atomic E-state index is 13.7. The molecule has 10 heteroatoms. The number of para-hydroxylation sites is 1. The Morgan fingerprint density at radius 2 is 1.74 bits per heavy atom. The molecule has 0 saturated heterocycles. The molecule has 0 spiro atoms. The van der Waals surface area contributed by atoms with Crippen molar-refractivity contribution in [3.63, 3.8) is 0 Å². The van der Waals surface area contributed by atoms with E-state index in [4.69, 9.17) is 23.6 Å². The predicted molar refractivity (Wildman–Crippen MR) is 167 cm³/mol. The average molecular weight is 635 g/mol. The van der Waals surface area contributed by atoms with E-state index in [1.165, 1.54) is 18.0 Å². The van der Waals surface area contributed by atoms with Crippen LogP contribution in [0.5, 0.6) is 17.2 Å². The van der Waals surface area contributed by atoms with Crippen molar-refractivity contribution in [1.82, 2.24) is 9.66 Å². The summed E-state index contributed by atoms with van der Waals surface area (Å²) in [6.07, 6.45) is 1.53. The van der Waals surface area contributed by atoms with Gasteiger partial charge in [-0.2, -0.15) is 15.0 Å². The zero-order chi connectivity index (χ0) is 29.9. The van der Waals surface area contributed by atoms with E-state index in [1.54, 1.807) is 55.6 Å². The van der Waals surface area contributed by atoms with E-state index in [9.17, 15) is 10.1 Å². The lowest BCUT2D eigenvalue weighted by atomic mass is 10.1. The molecule has 0 saturated carbocycles. The van der Waals surface area contributed by atoms with Crippen molar-refractivity contribution >= 4 is 44.0 Å². The fourth-order valence-electron chi connectivity index (χ4n) is 4.67. The molecule has 0 N–H and O–H groups in total. The van der Waals surface area contributed by atoms with Crippen LogP contribution in [0.3, 0.4) is 0 Å². The molecule has 0 unspecified atom stereocenters. The second-order valence-corrected chi connectivity index (χ2v) is 10.2. The molecule has 0 aliphatic heterocycles. The lowest BCUT2D eigenvalue weighted by molar-refractivity contribution is 0.284. The number of halogens is 1. The first kappa shape index (κ1) is 27.8. The number of nitrogens with zero attached hydrogens (tertiary/aromatic N) is 4. The number of aromatic nitrogens is 2. The van der Waals surface area contributed by atoms with Crippen LogP contribution in [0.25, 0.3) is 33.5 Å². The summed E-state index contributed by atoms with van der Waals surface area (Å²) < 4.78 is 25.1. The second-order valence-electron chi connectivity index (χ2n) is 9.38. The predicted octanol–water partition coefficient (Wildman–Crippen LogP) is 6.92. The van der Waals surface area contributed by atoms with E-state index in [-0.39, 0.29) is 18.0 Å². The minimum atomic E-state index is -0.358. The summed E-state index contributed by atoms with van der Waals surface area (Å²) in [5, 5.41) is 15.1. The van der Waals surface area contributed by atoms with Crippen LogP contribution in [0.1, 0.15) is 16.7 Å². The number of fused-ring (bicyclic) bond motifs is 2. The molecule has 2 heterocycles. The van der Waals surface area contributed by atoms with E-state index < -0.39 is 0 Å². The highest BCUT2D eigenvalue weighted by Gasteiger charge is 2.18. The summed E-state index contributed by atoms with van der Waals surface area (Å²) in [4.78, 5) is 18.4. The molecule has 0 aliphatic carbocycles. The van der Waals surface area contributed by atoms with Crippen LogP contribution in [0.15, 0.2) is 104 Å². The van der Waals surface area contributed by atoms with Crippen molar-refractivity contribution in [2.24, 2.45) is 5.10 Å². The van der Waals surface area contributed by atoms with Gasteiger partial charge in [-0.25, -0.2) is 4.98 Å². The van der Waals surface area contributed by atoms with Gasteiger partial charge in [0, 0.05) is 15.6 Å². The fourth-order valence-corrected chi connectivity index (χ4v) is 5.09. The van der Waals surface area contributed by atoms with E-state index in [0.29, 0.717) is 55.1 Å². The van der Waals surface area contributed by atoms with Crippen LogP contribution >= 0.6 is 15.9 Å². The number of nitriles is 1. The number of benzene rings is 4. The Kier molecular flexibility index (Phi) is 7.64. The molecule has 0 fully saturated rings. The van der Waals surface area contributed by atoms with E-state index in [0.717, 1.165) is 10.9 Å². The van der Waals surface area contributed by atoms with Crippen LogP contribution in [-0.4, -0.2) is 30.1 Å². The normalized spacial score (nSPS) is 11.2. The lowest BCUT2D eigenvalue weighted by Crippen LogP contribution is -2.20. The van der Waals surface area contributed by atoms with Gasteiger partial charge in [0.25, 0.3) is 5.56 Å². The average Bonchev–Trinajstić information content (AvgIpc) is 3.48. The van der Waals surface area contributed by atoms with Gasteiger partial charge in [-0.3, -0.25) is 4.79 Å². The Balaban J connectivity index is 1.41. The SMILES string of the molecule is COc1cc(C=Nn2c(-c3cc4c(OC)cccc4o3)nc3ccccc3c2=O)c(Br)cc1OCc1ccccc1C#N. The number of methoxy groups -OCH3 is 2. The molecule has 0 radical (unpaired) electrons. The Morgan fingerprint density at radius 1 is 0.953 bits per heavy atom. The molecule has 0 atom stereocenters. The molecular formula is C33H23BrN4O5. The van der Waals surface area contributed by atoms with Gasteiger partial charge in [0.2, 0.25) is 5.82 Å².